The molecule has 0 saturated carbocycles. The Morgan fingerprint density at radius 2 is 1.90 bits per heavy atom. The van der Waals surface area contributed by atoms with Crippen molar-refractivity contribution in [2.45, 2.75) is 13.0 Å². The van der Waals surface area contributed by atoms with E-state index < -0.39 is 0 Å². The van der Waals surface area contributed by atoms with E-state index in [1.54, 1.807) is 7.11 Å². The molecule has 0 radical (unpaired) electrons. The van der Waals surface area contributed by atoms with Crippen molar-refractivity contribution in [1.29, 1.82) is 0 Å². The van der Waals surface area contributed by atoms with Crippen LogP contribution in [0.4, 0.5) is 11.6 Å². The average molecular weight is 293 g/mol. The number of benzene rings is 1. The van der Waals surface area contributed by atoms with Gasteiger partial charge in [-0.15, -0.1) is 0 Å². The van der Waals surface area contributed by atoms with Crippen LogP contribution < -0.4 is 15.4 Å². The van der Waals surface area contributed by atoms with Crippen LogP contribution >= 0.6 is 11.6 Å². The molecule has 1 heterocycles. The number of hydrogen-bond acceptors (Lipinski definition) is 5. The standard InChI is InChI=1S/C14H17ClN4O/c1-9(10-4-6-11(15)7-5-10)19(2)14-12(20-3)13(16)17-8-18-14/h4-9H,1-3H3,(H2,16,17,18). The van der Waals surface area contributed by atoms with Gasteiger partial charge in [0, 0.05) is 12.1 Å². The van der Waals surface area contributed by atoms with Crippen LogP contribution in [0.15, 0.2) is 30.6 Å². The molecule has 0 saturated heterocycles. The Morgan fingerprint density at radius 3 is 2.50 bits per heavy atom. The topological polar surface area (TPSA) is 64.3 Å². The van der Waals surface area contributed by atoms with Gasteiger partial charge >= 0.3 is 0 Å². The number of anilines is 2. The van der Waals surface area contributed by atoms with Gasteiger partial charge in [0.15, 0.2) is 11.6 Å². The molecule has 2 N–H and O–H groups in total. The molecular formula is C14H17ClN4O. The van der Waals surface area contributed by atoms with Gasteiger partial charge in [-0.3, -0.25) is 0 Å². The maximum atomic E-state index is 5.91. The van der Waals surface area contributed by atoms with Gasteiger partial charge in [0.25, 0.3) is 0 Å². The highest BCUT2D eigenvalue weighted by Crippen LogP contribution is 2.33. The Morgan fingerprint density at radius 1 is 1.25 bits per heavy atom. The van der Waals surface area contributed by atoms with Crippen LogP contribution in [0.3, 0.4) is 0 Å². The summed E-state index contributed by atoms with van der Waals surface area (Å²) in [4.78, 5) is 10.2. The summed E-state index contributed by atoms with van der Waals surface area (Å²) in [6.45, 7) is 2.07. The summed E-state index contributed by atoms with van der Waals surface area (Å²) in [7, 11) is 3.49. The second-order valence-electron chi connectivity index (χ2n) is 4.45. The monoisotopic (exact) mass is 292 g/mol. The van der Waals surface area contributed by atoms with Gasteiger partial charge in [0.1, 0.15) is 6.33 Å². The number of hydrogen-bond donors (Lipinski definition) is 1. The van der Waals surface area contributed by atoms with E-state index >= 15 is 0 Å². The first-order valence-corrected chi connectivity index (χ1v) is 6.55. The first-order valence-electron chi connectivity index (χ1n) is 6.17. The van der Waals surface area contributed by atoms with Crippen molar-refractivity contribution in [3.8, 4) is 5.75 Å². The van der Waals surface area contributed by atoms with E-state index in [0.717, 1.165) is 5.56 Å². The van der Waals surface area contributed by atoms with Gasteiger partial charge in [-0.05, 0) is 24.6 Å². The molecule has 6 heteroatoms. The molecule has 0 aliphatic rings. The number of nitrogens with two attached hydrogens (primary N) is 1. The fraction of sp³-hybridized carbons (Fsp3) is 0.286. The second kappa shape index (κ2) is 5.96. The molecule has 0 aliphatic carbocycles. The molecule has 0 spiro atoms. The van der Waals surface area contributed by atoms with Crippen molar-refractivity contribution in [2.24, 2.45) is 0 Å². The third-order valence-corrected chi connectivity index (χ3v) is 3.54. The van der Waals surface area contributed by atoms with Crippen molar-refractivity contribution in [3.05, 3.63) is 41.2 Å². The highest BCUT2D eigenvalue weighted by molar-refractivity contribution is 6.30. The molecule has 1 aromatic carbocycles. The highest BCUT2D eigenvalue weighted by Gasteiger charge is 2.19. The summed E-state index contributed by atoms with van der Waals surface area (Å²) in [5, 5.41) is 0.715. The van der Waals surface area contributed by atoms with Crippen molar-refractivity contribution < 1.29 is 4.74 Å². The number of nitrogens with zero attached hydrogens (tertiary/aromatic N) is 3. The zero-order valence-electron chi connectivity index (χ0n) is 11.7. The predicted octanol–water partition coefficient (Wildman–Crippen LogP) is 2.92. The van der Waals surface area contributed by atoms with E-state index in [-0.39, 0.29) is 6.04 Å². The fourth-order valence-corrected chi connectivity index (χ4v) is 2.10. The van der Waals surface area contributed by atoms with E-state index in [9.17, 15) is 0 Å². The number of halogens is 1. The number of aromatic nitrogens is 2. The highest BCUT2D eigenvalue weighted by atomic mass is 35.5. The lowest BCUT2D eigenvalue weighted by Gasteiger charge is -2.27. The van der Waals surface area contributed by atoms with Crippen LogP contribution in [0, 0.1) is 0 Å². The van der Waals surface area contributed by atoms with Gasteiger partial charge < -0.3 is 15.4 Å². The lowest BCUT2D eigenvalue weighted by molar-refractivity contribution is 0.412. The molecule has 2 aromatic rings. The van der Waals surface area contributed by atoms with E-state index in [1.165, 1.54) is 6.33 Å². The molecule has 0 aliphatic heterocycles. The van der Waals surface area contributed by atoms with Gasteiger partial charge in [-0.1, -0.05) is 23.7 Å². The molecule has 1 atom stereocenters. The SMILES string of the molecule is COc1c(N)ncnc1N(C)C(C)c1ccc(Cl)cc1. The molecule has 0 amide bonds. The summed E-state index contributed by atoms with van der Waals surface area (Å²) in [5.74, 6) is 1.46. The first kappa shape index (κ1) is 14.4. The predicted molar refractivity (Wildman–Crippen MR) is 81.3 cm³/mol. The molecule has 5 nitrogen and oxygen atoms in total. The molecule has 2 rings (SSSR count). The lowest BCUT2D eigenvalue weighted by Crippen LogP contribution is -2.23. The maximum Gasteiger partial charge on any atom is 0.204 e. The second-order valence-corrected chi connectivity index (χ2v) is 4.89. The summed E-state index contributed by atoms with van der Waals surface area (Å²) >= 11 is 5.91. The number of methoxy groups -OCH3 is 1. The van der Waals surface area contributed by atoms with Crippen LogP contribution in [0.2, 0.25) is 5.02 Å². The van der Waals surface area contributed by atoms with Crippen LogP contribution in [0.25, 0.3) is 0 Å². The summed E-state index contributed by atoms with van der Waals surface area (Å²) in [5.41, 5.74) is 6.93. The van der Waals surface area contributed by atoms with Crippen molar-refractivity contribution in [2.75, 3.05) is 24.8 Å². The van der Waals surface area contributed by atoms with Crippen LogP contribution in [-0.4, -0.2) is 24.1 Å². The zero-order valence-corrected chi connectivity index (χ0v) is 12.4. The normalized spacial score (nSPS) is 12.0. The Hall–Kier alpha value is -2.01. The quantitative estimate of drug-likeness (QED) is 0.938. The Bertz CT molecular complexity index is 588. The minimum absolute atomic E-state index is 0.0930. The van der Waals surface area contributed by atoms with Gasteiger partial charge in [-0.25, -0.2) is 9.97 Å². The summed E-state index contributed by atoms with van der Waals surface area (Å²) < 4.78 is 5.29. The molecule has 0 fully saturated rings. The third-order valence-electron chi connectivity index (χ3n) is 3.28. The molecule has 1 aromatic heterocycles. The van der Waals surface area contributed by atoms with Gasteiger partial charge in [-0.2, -0.15) is 0 Å². The molecule has 20 heavy (non-hydrogen) atoms. The van der Waals surface area contributed by atoms with E-state index in [0.29, 0.717) is 22.4 Å². The third kappa shape index (κ3) is 2.77. The smallest absolute Gasteiger partial charge is 0.204 e. The average Bonchev–Trinajstić information content (AvgIpc) is 2.46. The zero-order chi connectivity index (χ0) is 14.7. The van der Waals surface area contributed by atoms with Crippen LogP contribution in [0.5, 0.6) is 5.75 Å². The van der Waals surface area contributed by atoms with Gasteiger partial charge in [0.2, 0.25) is 5.75 Å². The van der Waals surface area contributed by atoms with E-state index in [4.69, 9.17) is 22.1 Å². The van der Waals surface area contributed by atoms with Crippen molar-refractivity contribution >= 4 is 23.2 Å². The fourth-order valence-electron chi connectivity index (χ4n) is 1.97. The van der Waals surface area contributed by atoms with Crippen molar-refractivity contribution in [1.82, 2.24) is 9.97 Å². The summed E-state index contributed by atoms with van der Waals surface area (Å²) in [6.07, 6.45) is 1.43. The first-order chi connectivity index (χ1) is 9.54. The van der Waals surface area contributed by atoms with Crippen LogP contribution in [0.1, 0.15) is 18.5 Å². The molecule has 0 bridgehead atoms. The Balaban J connectivity index is 2.33. The molecule has 106 valence electrons. The molecule has 1 unspecified atom stereocenters. The number of ether oxygens (including phenoxy) is 1. The Labute approximate surface area is 123 Å². The minimum atomic E-state index is 0.0930. The lowest BCUT2D eigenvalue weighted by atomic mass is 10.1. The van der Waals surface area contributed by atoms with Crippen LogP contribution in [-0.2, 0) is 0 Å². The minimum Gasteiger partial charge on any atom is -0.490 e. The van der Waals surface area contributed by atoms with Gasteiger partial charge in [0.05, 0.1) is 13.2 Å². The van der Waals surface area contributed by atoms with Crippen molar-refractivity contribution in [3.63, 3.8) is 0 Å². The number of rotatable bonds is 4. The summed E-state index contributed by atoms with van der Waals surface area (Å²) in [6, 6.07) is 7.80. The maximum absolute atomic E-state index is 5.91. The Kier molecular flexibility index (Phi) is 4.29. The van der Waals surface area contributed by atoms with E-state index in [1.807, 2.05) is 36.2 Å². The largest absolute Gasteiger partial charge is 0.490 e. The van der Waals surface area contributed by atoms with E-state index in [2.05, 4.69) is 16.9 Å². The molecular weight excluding hydrogens is 276 g/mol. The number of nitrogen functional groups attached to an aromatic ring is 1.